The van der Waals surface area contributed by atoms with Gasteiger partial charge < -0.3 is 25.4 Å². The topological polar surface area (TPSA) is 93.9 Å². The molecule has 152 valence electrons. The van der Waals surface area contributed by atoms with Gasteiger partial charge in [0.05, 0.1) is 26.8 Å². The highest BCUT2D eigenvalue weighted by atomic mass is 35.5. The molecule has 0 unspecified atom stereocenters. The zero-order valence-electron chi connectivity index (χ0n) is 16.4. The second-order valence-corrected chi connectivity index (χ2v) is 6.92. The number of hydrogen-bond donors (Lipinski definition) is 2. The molecule has 2 amide bonds. The van der Waals surface area contributed by atoms with E-state index in [0.717, 1.165) is 18.4 Å². The molecule has 0 saturated heterocycles. The Morgan fingerprint density at radius 2 is 1.93 bits per heavy atom. The van der Waals surface area contributed by atoms with E-state index in [1.807, 2.05) is 32.0 Å². The lowest BCUT2D eigenvalue weighted by molar-refractivity contribution is -0.134. The summed E-state index contributed by atoms with van der Waals surface area (Å²) in [5.74, 6) is 1.01. The maximum absolute atomic E-state index is 12.7. The van der Waals surface area contributed by atoms with E-state index in [1.54, 1.807) is 19.1 Å². The number of halogens is 1. The summed E-state index contributed by atoms with van der Waals surface area (Å²) in [6.07, 6.45) is 1.94. The molecule has 0 radical (unpaired) electrons. The van der Waals surface area contributed by atoms with Gasteiger partial charge in [-0.25, -0.2) is 0 Å². The van der Waals surface area contributed by atoms with Crippen LogP contribution < -0.4 is 20.5 Å². The second kappa shape index (κ2) is 10.4. The molecule has 2 rings (SSSR count). The minimum atomic E-state index is -0.615. The normalized spacial score (nSPS) is 14.1. The van der Waals surface area contributed by atoms with Gasteiger partial charge in [0.1, 0.15) is 11.5 Å². The highest BCUT2D eigenvalue weighted by molar-refractivity contribution is 5.87. The maximum atomic E-state index is 12.7. The number of hydrogen-bond acceptors (Lipinski definition) is 5. The molecule has 1 aliphatic rings. The molecule has 1 fully saturated rings. The first-order valence-electron chi connectivity index (χ1n) is 8.91. The van der Waals surface area contributed by atoms with Crippen LogP contribution in [0.3, 0.4) is 0 Å². The molecular weight excluding hydrogens is 370 g/mol. The third kappa shape index (κ3) is 6.29. The van der Waals surface area contributed by atoms with Crippen LogP contribution in [0.25, 0.3) is 0 Å². The van der Waals surface area contributed by atoms with Crippen molar-refractivity contribution in [1.82, 2.24) is 10.2 Å². The molecule has 0 aromatic heterocycles. The molecule has 1 atom stereocenters. The lowest BCUT2D eigenvalue weighted by atomic mass is 10.1. The fourth-order valence-electron chi connectivity index (χ4n) is 2.68. The van der Waals surface area contributed by atoms with Crippen LogP contribution in [0, 0.1) is 5.92 Å². The van der Waals surface area contributed by atoms with E-state index < -0.39 is 6.04 Å². The first kappa shape index (κ1) is 23.0. The number of amides is 2. The molecule has 1 saturated carbocycles. The molecule has 7 nitrogen and oxygen atoms in total. The van der Waals surface area contributed by atoms with Crippen molar-refractivity contribution in [2.45, 2.75) is 45.3 Å². The van der Waals surface area contributed by atoms with Gasteiger partial charge in [0, 0.05) is 18.2 Å². The van der Waals surface area contributed by atoms with Crippen LogP contribution in [0.4, 0.5) is 0 Å². The van der Waals surface area contributed by atoms with Gasteiger partial charge in [-0.1, -0.05) is 13.8 Å². The molecule has 0 bridgehead atoms. The first-order valence-corrected chi connectivity index (χ1v) is 8.91. The predicted molar refractivity (Wildman–Crippen MR) is 106 cm³/mol. The summed E-state index contributed by atoms with van der Waals surface area (Å²) >= 11 is 0. The van der Waals surface area contributed by atoms with E-state index in [-0.39, 0.29) is 42.7 Å². The standard InChI is InChI=1S/C19H29N3O4.ClH/c1-12(2)18(20)19(24)21-10-17(23)22(14-5-6-14)11-13-9-15(25-3)7-8-16(13)26-4;/h7-9,12,14,18H,5-6,10-11,20H2,1-4H3,(H,21,24);1H/t18-;/m0./s1. The van der Waals surface area contributed by atoms with Gasteiger partial charge in [-0.15, -0.1) is 12.4 Å². The summed E-state index contributed by atoms with van der Waals surface area (Å²) in [6, 6.07) is 5.10. The number of ether oxygens (including phenoxy) is 2. The Hall–Kier alpha value is -1.99. The summed E-state index contributed by atoms with van der Waals surface area (Å²) in [5.41, 5.74) is 6.69. The Morgan fingerprint density at radius 1 is 1.26 bits per heavy atom. The van der Waals surface area contributed by atoms with Crippen LogP contribution in [0.5, 0.6) is 11.5 Å². The number of carbonyl (C=O) groups is 2. The van der Waals surface area contributed by atoms with Gasteiger partial charge in [0.2, 0.25) is 11.8 Å². The number of nitrogens with two attached hydrogens (primary N) is 1. The average molecular weight is 400 g/mol. The van der Waals surface area contributed by atoms with Crippen molar-refractivity contribution < 1.29 is 19.1 Å². The van der Waals surface area contributed by atoms with Crippen molar-refractivity contribution in [1.29, 1.82) is 0 Å². The summed E-state index contributed by atoms with van der Waals surface area (Å²) in [4.78, 5) is 26.5. The van der Waals surface area contributed by atoms with Crippen LogP contribution >= 0.6 is 12.4 Å². The number of carbonyl (C=O) groups excluding carboxylic acids is 2. The third-order valence-electron chi connectivity index (χ3n) is 4.57. The van der Waals surface area contributed by atoms with Crippen LogP contribution in [0.2, 0.25) is 0 Å². The van der Waals surface area contributed by atoms with Crippen molar-refractivity contribution in [3.8, 4) is 11.5 Å². The Bertz CT molecular complexity index is 650. The van der Waals surface area contributed by atoms with E-state index >= 15 is 0 Å². The molecule has 1 aliphatic carbocycles. The fraction of sp³-hybridized carbons (Fsp3) is 0.579. The van der Waals surface area contributed by atoms with Crippen LogP contribution in [0.1, 0.15) is 32.3 Å². The quantitative estimate of drug-likeness (QED) is 0.659. The lowest BCUT2D eigenvalue weighted by Gasteiger charge is -2.24. The van der Waals surface area contributed by atoms with Gasteiger partial charge in [-0.05, 0) is 37.0 Å². The van der Waals surface area contributed by atoms with Crippen LogP contribution in [0.15, 0.2) is 18.2 Å². The maximum Gasteiger partial charge on any atom is 0.242 e. The summed E-state index contributed by atoms with van der Waals surface area (Å²) in [5, 5.41) is 2.65. The van der Waals surface area contributed by atoms with Crippen molar-refractivity contribution in [3.63, 3.8) is 0 Å². The third-order valence-corrected chi connectivity index (χ3v) is 4.57. The zero-order valence-corrected chi connectivity index (χ0v) is 17.2. The Kier molecular flexibility index (Phi) is 8.85. The molecule has 0 heterocycles. The summed E-state index contributed by atoms with van der Waals surface area (Å²) in [7, 11) is 3.20. The molecule has 8 heteroatoms. The number of rotatable bonds is 9. The molecule has 1 aromatic rings. The molecule has 3 N–H and O–H groups in total. The molecular formula is C19H30ClN3O4. The number of nitrogens with one attached hydrogen (secondary N) is 1. The van der Waals surface area contributed by atoms with E-state index in [9.17, 15) is 9.59 Å². The lowest BCUT2D eigenvalue weighted by Crippen LogP contribution is -2.48. The van der Waals surface area contributed by atoms with Crippen molar-refractivity contribution >= 4 is 24.2 Å². The first-order chi connectivity index (χ1) is 12.4. The highest BCUT2D eigenvalue weighted by Gasteiger charge is 2.33. The minimum absolute atomic E-state index is 0. The Labute approximate surface area is 167 Å². The Morgan fingerprint density at radius 3 is 2.44 bits per heavy atom. The fourth-order valence-corrected chi connectivity index (χ4v) is 2.68. The van der Waals surface area contributed by atoms with Gasteiger partial charge >= 0.3 is 0 Å². The monoisotopic (exact) mass is 399 g/mol. The van der Waals surface area contributed by atoms with E-state index in [0.29, 0.717) is 18.0 Å². The summed E-state index contributed by atoms with van der Waals surface area (Å²) < 4.78 is 10.7. The van der Waals surface area contributed by atoms with Crippen molar-refractivity contribution in [2.24, 2.45) is 11.7 Å². The second-order valence-electron chi connectivity index (χ2n) is 6.92. The summed E-state index contributed by atoms with van der Waals surface area (Å²) in [6.45, 7) is 4.10. The van der Waals surface area contributed by atoms with Gasteiger partial charge in [0.25, 0.3) is 0 Å². The molecule has 27 heavy (non-hydrogen) atoms. The highest BCUT2D eigenvalue weighted by Crippen LogP contribution is 2.31. The number of benzene rings is 1. The van der Waals surface area contributed by atoms with E-state index in [1.165, 1.54) is 0 Å². The van der Waals surface area contributed by atoms with Crippen LogP contribution in [-0.2, 0) is 16.1 Å². The molecule has 0 spiro atoms. The van der Waals surface area contributed by atoms with Crippen molar-refractivity contribution in [3.05, 3.63) is 23.8 Å². The zero-order chi connectivity index (χ0) is 19.3. The number of nitrogens with zero attached hydrogens (tertiary/aromatic N) is 1. The largest absolute Gasteiger partial charge is 0.497 e. The predicted octanol–water partition coefficient (Wildman–Crippen LogP) is 1.72. The molecule has 1 aromatic carbocycles. The van der Waals surface area contributed by atoms with E-state index in [4.69, 9.17) is 15.2 Å². The SMILES string of the molecule is COc1ccc(OC)c(CN(C(=O)CNC(=O)[C@@H](N)C(C)C)C2CC2)c1.Cl. The number of methoxy groups -OCH3 is 2. The van der Waals surface area contributed by atoms with Crippen molar-refractivity contribution in [2.75, 3.05) is 20.8 Å². The smallest absolute Gasteiger partial charge is 0.242 e. The van der Waals surface area contributed by atoms with Crippen LogP contribution in [-0.4, -0.2) is 49.6 Å². The average Bonchev–Trinajstić information content (AvgIpc) is 3.47. The molecule has 0 aliphatic heterocycles. The Balaban J connectivity index is 0.00000364. The van der Waals surface area contributed by atoms with E-state index in [2.05, 4.69) is 5.32 Å². The van der Waals surface area contributed by atoms with Gasteiger partial charge in [-0.2, -0.15) is 0 Å². The minimum Gasteiger partial charge on any atom is -0.497 e. The van der Waals surface area contributed by atoms with Gasteiger partial charge in [0.15, 0.2) is 0 Å². The van der Waals surface area contributed by atoms with Gasteiger partial charge in [-0.3, -0.25) is 9.59 Å².